The van der Waals surface area contributed by atoms with Gasteiger partial charge in [-0.1, -0.05) is 0 Å². The van der Waals surface area contributed by atoms with Crippen LogP contribution in [-0.4, -0.2) is 16.4 Å². The maximum Gasteiger partial charge on any atom is 0.150 e. The smallest absolute Gasteiger partial charge is 0.150 e. The Morgan fingerprint density at radius 2 is 2.29 bits per heavy atom. The molecular formula is C13H15FN2O. The van der Waals surface area contributed by atoms with Crippen molar-refractivity contribution in [2.45, 2.75) is 32.4 Å². The molecule has 17 heavy (non-hydrogen) atoms. The molecule has 90 valence electrons. The van der Waals surface area contributed by atoms with Crippen molar-refractivity contribution in [3.63, 3.8) is 0 Å². The predicted octanol–water partition coefficient (Wildman–Crippen LogP) is 3.18. The average molecular weight is 234 g/mol. The quantitative estimate of drug-likeness (QED) is 0.757. The Balaban J connectivity index is 2.07. The topological polar surface area (TPSA) is 27.1 Å². The fraction of sp³-hybridized carbons (Fsp3) is 0.462. The lowest BCUT2D eigenvalue weighted by Gasteiger charge is -2.23. The van der Waals surface area contributed by atoms with E-state index in [1.807, 2.05) is 6.07 Å². The molecule has 0 saturated carbocycles. The lowest BCUT2D eigenvalue weighted by molar-refractivity contribution is -0.0366. The zero-order valence-electron chi connectivity index (χ0n) is 9.82. The first-order chi connectivity index (χ1) is 8.25. The van der Waals surface area contributed by atoms with Crippen LogP contribution in [0.15, 0.2) is 18.3 Å². The van der Waals surface area contributed by atoms with Crippen LogP contribution in [0.1, 0.15) is 31.1 Å². The van der Waals surface area contributed by atoms with E-state index in [0.717, 1.165) is 36.8 Å². The molecule has 0 aliphatic carbocycles. The van der Waals surface area contributed by atoms with Gasteiger partial charge in [0, 0.05) is 18.1 Å². The molecule has 0 radical (unpaired) electrons. The van der Waals surface area contributed by atoms with Crippen molar-refractivity contribution in [2.75, 3.05) is 6.61 Å². The van der Waals surface area contributed by atoms with E-state index in [1.54, 1.807) is 23.9 Å². The fourth-order valence-corrected chi connectivity index (χ4v) is 2.33. The van der Waals surface area contributed by atoms with Gasteiger partial charge in [-0.25, -0.2) is 9.07 Å². The van der Waals surface area contributed by atoms with E-state index in [1.165, 1.54) is 0 Å². The number of halogens is 1. The third-order valence-corrected chi connectivity index (χ3v) is 3.30. The highest BCUT2D eigenvalue weighted by Crippen LogP contribution is 2.27. The van der Waals surface area contributed by atoms with Gasteiger partial charge in [-0.05, 0) is 37.8 Å². The predicted molar refractivity (Wildman–Crippen MR) is 63.3 cm³/mol. The Kier molecular flexibility index (Phi) is 2.59. The van der Waals surface area contributed by atoms with Crippen molar-refractivity contribution in [1.29, 1.82) is 0 Å². The summed E-state index contributed by atoms with van der Waals surface area (Å²) < 4.78 is 21.1. The second-order valence-corrected chi connectivity index (χ2v) is 4.57. The summed E-state index contributed by atoms with van der Waals surface area (Å²) in [4.78, 5) is 0. The number of aryl methyl sites for hydroxylation is 1. The van der Waals surface area contributed by atoms with Crippen LogP contribution in [0.3, 0.4) is 0 Å². The Hall–Kier alpha value is -1.42. The van der Waals surface area contributed by atoms with Gasteiger partial charge in [-0.15, -0.1) is 0 Å². The van der Waals surface area contributed by atoms with E-state index in [0.29, 0.717) is 5.56 Å². The Labute approximate surface area is 99.2 Å². The van der Waals surface area contributed by atoms with Crippen LogP contribution in [0, 0.1) is 12.7 Å². The maximum absolute atomic E-state index is 13.6. The van der Waals surface area contributed by atoms with E-state index < -0.39 is 0 Å². The minimum absolute atomic E-state index is 0.0386. The third-order valence-electron chi connectivity index (χ3n) is 3.30. The summed E-state index contributed by atoms with van der Waals surface area (Å²) in [5.41, 5.74) is 1.47. The van der Waals surface area contributed by atoms with Crippen molar-refractivity contribution in [2.24, 2.45) is 0 Å². The molecule has 1 unspecified atom stereocenters. The van der Waals surface area contributed by atoms with Gasteiger partial charge in [0.05, 0.1) is 11.7 Å². The monoisotopic (exact) mass is 234 g/mol. The van der Waals surface area contributed by atoms with Gasteiger partial charge >= 0.3 is 0 Å². The van der Waals surface area contributed by atoms with Crippen LogP contribution in [0.5, 0.6) is 0 Å². The summed E-state index contributed by atoms with van der Waals surface area (Å²) in [6.45, 7) is 2.53. The molecule has 3 rings (SSSR count). The molecule has 1 aliphatic heterocycles. The molecule has 1 aromatic heterocycles. The zero-order valence-corrected chi connectivity index (χ0v) is 9.82. The van der Waals surface area contributed by atoms with Crippen LogP contribution in [0.25, 0.3) is 10.9 Å². The Bertz CT molecular complexity index is 544. The number of hydrogen-bond acceptors (Lipinski definition) is 2. The molecule has 1 atom stereocenters. The molecule has 0 amide bonds. The standard InChI is InChI=1S/C13H15FN2O/c1-9-6-10-8-15-16(12(10)7-11(9)14)13-4-2-3-5-17-13/h6-8,13H,2-5H2,1H3. The first-order valence-electron chi connectivity index (χ1n) is 6.00. The Morgan fingerprint density at radius 3 is 3.06 bits per heavy atom. The van der Waals surface area contributed by atoms with Crippen molar-refractivity contribution >= 4 is 10.9 Å². The number of benzene rings is 1. The SMILES string of the molecule is Cc1cc2cnn(C3CCCCO3)c2cc1F. The van der Waals surface area contributed by atoms with E-state index in [2.05, 4.69) is 5.10 Å². The number of ether oxygens (including phenoxy) is 1. The van der Waals surface area contributed by atoms with Crippen LogP contribution < -0.4 is 0 Å². The molecule has 4 heteroatoms. The van der Waals surface area contributed by atoms with Crippen molar-refractivity contribution in [1.82, 2.24) is 9.78 Å². The molecule has 1 fully saturated rings. The minimum atomic E-state index is -0.185. The van der Waals surface area contributed by atoms with Crippen LogP contribution >= 0.6 is 0 Å². The van der Waals surface area contributed by atoms with E-state index in [4.69, 9.17) is 4.74 Å². The first-order valence-corrected chi connectivity index (χ1v) is 6.00. The molecule has 1 aliphatic rings. The van der Waals surface area contributed by atoms with Gasteiger partial charge < -0.3 is 4.74 Å². The Morgan fingerprint density at radius 1 is 1.41 bits per heavy atom. The maximum atomic E-state index is 13.6. The zero-order chi connectivity index (χ0) is 11.8. The fourth-order valence-electron chi connectivity index (χ4n) is 2.33. The minimum Gasteiger partial charge on any atom is -0.356 e. The van der Waals surface area contributed by atoms with Gasteiger partial charge in [-0.3, -0.25) is 0 Å². The van der Waals surface area contributed by atoms with Gasteiger partial charge in [0.2, 0.25) is 0 Å². The van der Waals surface area contributed by atoms with Gasteiger partial charge in [0.25, 0.3) is 0 Å². The average Bonchev–Trinajstić information content (AvgIpc) is 2.74. The summed E-state index contributed by atoms with van der Waals surface area (Å²) in [6.07, 6.45) is 4.93. The number of rotatable bonds is 1. The van der Waals surface area contributed by atoms with Crippen molar-refractivity contribution in [3.05, 3.63) is 29.7 Å². The van der Waals surface area contributed by atoms with E-state index in [-0.39, 0.29) is 12.0 Å². The molecular weight excluding hydrogens is 219 g/mol. The molecule has 0 N–H and O–H groups in total. The molecule has 0 spiro atoms. The molecule has 3 nitrogen and oxygen atoms in total. The number of hydrogen-bond donors (Lipinski definition) is 0. The van der Waals surface area contributed by atoms with Crippen LogP contribution in [-0.2, 0) is 4.74 Å². The second kappa shape index (κ2) is 4.11. The summed E-state index contributed by atoms with van der Waals surface area (Å²) in [5, 5.41) is 5.30. The summed E-state index contributed by atoms with van der Waals surface area (Å²) in [6, 6.07) is 3.38. The molecule has 0 bridgehead atoms. The van der Waals surface area contributed by atoms with Crippen LogP contribution in [0.2, 0.25) is 0 Å². The highest BCUT2D eigenvalue weighted by atomic mass is 19.1. The van der Waals surface area contributed by atoms with Gasteiger partial charge in [0.15, 0.2) is 6.23 Å². The van der Waals surface area contributed by atoms with Gasteiger partial charge in [-0.2, -0.15) is 5.10 Å². The molecule has 2 heterocycles. The lowest BCUT2D eigenvalue weighted by atomic mass is 10.1. The summed E-state index contributed by atoms with van der Waals surface area (Å²) in [7, 11) is 0. The summed E-state index contributed by atoms with van der Waals surface area (Å²) in [5.74, 6) is -0.185. The van der Waals surface area contributed by atoms with Crippen molar-refractivity contribution < 1.29 is 9.13 Å². The number of fused-ring (bicyclic) bond motifs is 1. The highest BCUT2D eigenvalue weighted by Gasteiger charge is 2.18. The molecule has 1 aromatic carbocycles. The molecule has 2 aromatic rings. The largest absolute Gasteiger partial charge is 0.356 e. The van der Waals surface area contributed by atoms with Crippen molar-refractivity contribution in [3.8, 4) is 0 Å². The highest BCUT2D eigenvalue weighted by molar-refractivity contribution is 5.79. The van der Waals surface area contributed by atoms with Crippen LogP contribution in [0.4, 0.5) is 4.39 Å². The third kappa shape index (κ3) is 1.82. The first kappa shape index (κ1) is 10.7. The number of nitrogens with zero attached hydrogens (tertiary/aromatic N) is 2. The number of aromatic nitrogens is 2. The molecule has 1 saturated heterocycles. The lowest BCUT2D eigenvalue weighted by Crippen LogP contribution is -2.19. The normalized spacial score (nSPS) is 20.9. The second-order valence-electron chi connectivity index (χ2n) is 4.57. The van der Waals surface area contributed by atoms with E-state index in [9.17, 15) is 4.39 Å². The van der Waals surface area contributed by atoms with Gasteiger partial charge in [0.1, 0.15) is 5.82 Å². The van der Waals surface area contributed by atoms with E-state index >= 15 is 0 Å². The summed E-state index contributed by atoms with van der Waals surface area (Å²) >= 11 is 0.